The highest BCUT2D eigenvalue weighted by atomic mass is 16.5. The smallest absolute Gasteiger partial charge is 0.251 e. The van der Waals surface area contributed by atoms with Crippen LogP contribution in [0.4, 0.5) is 0 Å². The second kappa shape index (κ2) is 8.13. The quantitative estimate of drug-likeness (QED) is 0.669. The standard InChI is InChI=1S/C18H24N2O5/c1-12-16(13(2)25-20-12)8-24-15-6-4-5-14(7-15)17(23)19-9-18(3,10-21)11-22/h4-7,21-22H,8-11H2,1-3H3,(H,19,23). The van der Waals surface area contributed by atoms with Gasteiger partial charge >= 0.3 is 0 Å². The van der Waals surface area contributed by atoms with Gasteiger partial charge in [-0.3, -0.25) is 4.79 Å². The van der Waals surface area contributed by atoms with Gasteiger partial charge in [0, 0.05) is 17.5 Å². The predicted molar refractivity (Wildman–Crippen MR) is 91.4 cm³/mol. The molecule has 1 aromatic carbocycles. The molecule has 0 aliphatic heterocycles. The summed E-state index contributed by atoms with van der Waals surface area (Å²) in [5.41, 5.74) is 1.34. The summed E-state index contributed by atoms with van der Waals surface area (Å²) in [5, 5.41) is 25.1. The number of nitrogens with zero attached hydrogens (tertiary/aromatic N) is 1. The van der Waals surface area contributed by atoms with E-state index in [1.807, 2.05) is 13.8 Å². The number of aromatic nitrogens is 1. The molecule has 0 atom stereocenters. The van der Waals surface area contributed by atoms with E-state index in [4.69, 9.17) is 9.26 Å². The van der Waals surface area contributed by atoms with Crippen molar-refractivity contribution < 1.29 is 24.3 Å². The molecule has 1 aromatic heterocycles. The van der Waals surface area contributed by atoms with Gasteiger partial charge in [0.05, 0.1) is 24.5 Å². The Morgan fingerprint density at radius 3 is 2.64 bits per heavy atom. The maximum Gasteiger partial charge on any atom is 0.251 e. The van der Waals surface area contributed by atoms with Gasteiger partial charge in [-0.1, -0.05) is 18.1 Å². The summed E-state index contributed by atoms with van der Waals surface area (Å²) in [7, 11) is 0. The molecule has 25 heavy (non-hydrogen) atoms. The van der Waals surface area contributed by atoms with Crippen LogP contribution in [0.5, 0.6) is 5.75 Å². The van der Waals surface area contributed by atoms with Crippen molar-refractivity contribution in [2.45, 2.75) is 27.4 Å². The van der Waals surface area contributed by atoms with E-state index < -0.39 is 5.41 Å². The number of hydrogen-bond acceptors (Lipinski definition) is 6. The predicted octanol–water partition coefficient (Wildman–Crippen LogP) is 1.59. The molecule has 2 aromatic rings. The largest absolute Gasteiger partial charge is 0.489 e. The first-order valence-electron chi connectivity index (χ1n) is 8.03. The fourth-order valence-corrected chi connectivity index (χ4v) is 2.15. The van der Waals surface area contributed by atoms with E-state index >= 15 is 0 Å². The van der Waals surface area contributed by atoms with Crippen LogP contribution in [0.1, 0.15) is 34.3 Å². The Hall–Kier alpha value is -2.38. The zero-order valence-corrected chi connectivity index (χ0v) is 14.7. The number of carbonyl (C=O) groups is 1. The fourth-order valence-electron chi connectivity index (χ4n) is 2.15. The van der Waals surface area contributed by atoms with E-state index in [9.17, 15) is 15.0 Å². The number of rotatable bonds is 8. The van der Waals surface area contributed by atoms with Gasteiger partial charge < -0.3 is 24.8 Å². The summed E-state index contributed by atoms with van der Waals surface area (Å²) < 4.78 is 10.8. The first-order chi connectivity index (χ1) is 11.9. The molecule has 1 heterocycles. The van der Waals surface area contributed by atoms with E-state index in [1.54, 1.807) is 31.2 Å². The molecule has 0 bridgehead atoms. The third-order valence-electron chi connectivity index (χ3n) is 4.10. The van der Waals surface area contributed by atoms with Crippen molar-refractivity contribution in [2.75, 3.05) is 19.8 Å². The number of benzene rings is 1. The van der Waals surface area contributed by atoms with Crippen molar-refractivity contribution in [3.8, 4) is 5.75 Å². The van der Waals surface area contributed by atoms with Crippen molar-refractivity contribution in [2.24, 2.45) is 5.41 Å². The second-order valence-electron chi connectivity index (χ2n) is 6.43. The van der Waals surface area contributed by atoms with Crippen LogP contribution in [0.3, 0.4) is 0 Å². The summed E-state index contributed by atoms with van der Waals surface area (Å²) in [4.78, 5) is 12.3. The van der Waals surface area contributed by atoms with Gasteiger partial charge in [0.2, 0.25) is 0 Å². The molecule has 0 aliphatic carbocycles. The second-order valence-corrected chi connectivity index (χ2v) is 6.43. The highest BCUT2D eigenvalue weighted by Crippen LogP contribution is 2.19. The first-order valence-corrected chi connectivity index (χ1v) is 8.03. The average molecular weight is 348 g/mol. The maximum atomic E-state index is 12.3. The molecule has 0 fully saturated rings. The molecule has 7 nitrogen and oxygen atoms in total. The van der Waals surface area contributed by atoms with Gasteiger partial charge in [0.25, 0.3) is 5.91 Å². The van der Waals surface area contributed by atoms with Crippen molar-refractivity contribution in [3.05, 3.63) is 46.8 Å². The summed E-state index contributed by atoms with van der Waals surface area (Å²) in [6.07, 6.45) is 0. The third-order valence-corrected chi connectivity index (χ3v) is 4.10. The number of ether oxygens (including phenoxy) is 1. The number of aryl methyl sites for hydroxylation is 2. The van der Waals surface area contributed by atoms with Crippen LogP contribution in [-0.2, 0) is 6.61 Å². The van der Waals surface area contributed by atoms with E-state index in [1.165, 1.54) is 0 Å². The molecule has 7 heteroatoms. The monoisotopic (exact) mass is 348 g/mol. The highest BCUT2D eigenvalue weighted by molar-refractivity contribution is 5.94. The molecular formula is C18H24N2O5. The Balaban J connectivity index is 1.99. The molecule has 0 radical (unpaired) electrons. The number of amides is 1. The Morgan fingerprint density at radius 2 is 2.04 bits per heavy atom. The fraction of sp³-hybridized carbons (Fsp3) is 0.444. The van der Waals surface area contributed by atoms with Gasteiger partial charge in [-0.2, -0.15) is 0 Å². The molecule has 2 rings (SSSR count). The summed E-state index contributed by atoms with van der Waals surface area (Å²) in [5.74, 6) is 0.967. The van der Waals surface area contributed by atoms with Crippen LogP contribution in [0.2, 0.25) is 0 Å². The van der Waals surface area contributed by atoms with Crippen LogP contribution in [0.25, 0.3) is 0 Å². The molecule has 1 amide bonds. The Labute approximate surface area is 146 Å². The van der Waals surface area contributed by atoms with E-state index in [0.29, 0.717) is 23.7 Å². The van der Waals surface area contributed by atoms with Crippen LogP contribution in [0, 0.1) is 19.3 Å². The van der Waals surface area contributed by atoms with E-state index in [0.717, 1.165) is 11.3 Å². The molecule has 0 saturated heterocycles. The minimum atomic E-state index is -0.757. The molecule has 0 spiro atoms. The zero-order chi connectivity index (χ0) is 18.4. The van der Waals surface area contributed by atoms with Gasteiger partial charge in [-0.05, 0) is 32.0 Å². The number of aliphatic hydroxyl groups excluding tert-OH is 2. The summed E-state index contributed by atoms with van der Waals surface area (Å²) >= 11 is 0. The topological polar surface area (TPSA) is 105 Å². The number of nitrogens with one attached hydrogen (secondary N) is 1. The number of hydrogen-bond donors (Lipinski definition) is 3. The SMILES string of the molecule is Cc1noc(C)c1COc1cccc(C(=O)NCC(C)(CO)CO)c1. The van der Waals surface area contributed by atoms with E-state index in [-0.39, 0.29) is 25.7 Å². The lowest BCUT2D eigenvalue weighted by Gasteiger charge is -2.24. The van der Waals surface area contributed by atoms with Crippen molar-refractivity contribution in [1.82, 2.24) is 10.5 Å². The van der Waals surface area contributed by atoms with Crippen LogP contribution in [0.15, 0.2) is 28.8 Å². The summed E-state index contributed by atoms with van der Waals surface area (Å²) in [6, 6.07) is 6.81. The Kier molecular flexibility index (Phi) is 6.17. The first kappa shape index (κ1) is 19.0. The lowest BCUT2D eigenvalue weighted by molar-refractivity contribution is 0.0646. The Bertz CT molecular complexity index is 703. The van der Waals surface area contributed by atoms with Crippen molar-refractivity contribution in [3.63, 3.8) is 0 Å². The van der Waals surface area contributed by atoms with Crippen LogP contribution < -0.4 is 10.1 Å². The molecular weight excluding hydrogens is 324 g/mol. The molecule has 0 saturated carbocycles. The maximum absolute atomic E-state index is 12.3. The Morgan fingerprint density at radius 1 is 1.32 bits per heavy atom. The van der Waals surface area contributed by atoms with Crippen molar-refractivity contribution in [1.29, 1.82) is 0 Å². The highest BCUT2D eigenvalue weighted by Gasteiger charge is 2.23. The normalized spacial score (nSPS) is 11.4. The van der Waals surface area contributed by atoms with Gasteiger partial charge in [0.15, 0.2) is 0 Å². The molecule has 136 valence electrons. The zero-order valence-electron chi connectivity index (χ0n) is 14.7. The average Bonchev–Trinajstić information content (AvgIpc) is 2.95. The molecule has 0 aliphatic rings. The third kappa shape index (κ3) is 4.80. The van der Waals surface area contributed by atoms with E-state index in [2.05, 4.69) is 10.5 Å². The summed E-state index contributed by atoms with van der Waals surface area (Å²) in [6.45, 7) is 5.40. The lowest BCUT2D eigenvalue weighted by atomic mass is 9.93. The molecule has 0 unspecified atom stereocenters. The van der Waals surface area contributed by atoms with Crippen LogP contribution in [-0.4, -0.2) is 41.0 Å². The molecule has 3 N–H and O–H groups in total. The van der Waals surface area contributed by atoms with Gasteiger partial charge in [-0.25, -0.2) is 0 Å². The van der Waals surface area contributed by atoms with Crippen LogP contribution >= 0.6 is 0 Å². The van der Waals surface area contributed by atoms with Gasteiger partial charge in [0.1, 0.15) is 18.1 Å². The van der Waals surface area contributed by atoms with Gasteiger partial charge in [-0.15, -0.1) is 0 Å². The lowest BCUT2D eigenvalue weighted by Crippen LogP contribution is -2.40. The number of carbonyl (C=O) groups excluding carboxylic acids is 1. The number of aliphatic hydroxyl groups is 2. The van der Waals surface area contributed by atoms with Crippen molar-refractivity contribution >= 4 is 5.91 Å². The minimum Gasteiger partial charge on any atom is -0.489 e. The minimum absolute atomic E-state index is 0.170.